The Morgan fingerprint density at radius 1 is 1.21 bits per heavy atom. The Bertz CT molecular complexity index is 771. The molecule has 186 valence electrons. The van der Waals surface area contributed by atoms with Crippen molar-refractivity contribution in [2.75, 3.05) is 6.61 Å². The molecule has 6 unspecified atom stereocenters. The van der Waals surface area contributed by atoms with Crippen molar-refractivity contribution in [1.29, 1.82) is 0 Å². The fourth-order valence-electron chi connectivity index (χ4n) is 5.91. The average molecular weight is 459 g/mol. The molecule has 0 spiro atoms. The molecule has 0 aliphatic heterocycles. The normalized spacial score (nSPS) is 27.6. The fraction of sp³-hybridized carbons (Fsp3) is 0.690. The highest BCUT2D eigenvalue weighted by atomic mass is 16.5. The fourth-order valence-corrected chi connectivity index (χ4v) is 5.91. The molecule has 6 atom stereocenters. The standard InChI is InChI=1S/C29H46O4/c1-7-29(6)18-17-24(22(5)12-10-11-21(4)19-30)28(27(29)20(2)3)33-26(32)16-15-23-13-8-9-14-25(23)31/h8-9,13-16,20-22,24,27-28,30-31H,7,10-12,17-19H2,1-6H3. The van der Waals surface area contributed by atoms with Gasteiger partial charge in [0.15, 0.2) is 0 Å². The van der Waals surface area contributed by atoms with Gasteiger partial charge in [-0.3, -0.25) is 0 Å². The molecule has 33 heavy (non-hydrogen) atoms. The van der Waals surface area contributed by atoms with Crippen LogP contribution in [0.25, 0.3) is 6.08 Å². The van der Waals surface area contributed by atoms with Crippen LogP contribution in [0.5, 0.6) is 5.75 Å². The minimum absolute atomic E-state index is 0.115. The zero-order valence-electron chi connectivity index (χ0n) is 21.6. The monoisotopic (exact) mass is 458 g/mol. The van der Waals surface area contributed by atoms with Crippen LogP contribution in [0.4, 0.5) is 0 Å². The highest BCUT2D eigenvalue weighted by molar-refractivity contribution is 5.87. The van der Waals surface area contributed by atoms with Crippen molar-refractivity contribution in [3.05, 3.63) is 35.9 Å². The van der Waals surface area contributed by atoms with Gasteiger partial charge >= 0.3 is 5.97 Å². The third-order valence-electron chi connectivity index (χ3n) is 8.14. The van der Waals surface area contributed by atoms with Gasteiger partial charge in [-0.15, -0.1) is 0 Å². The molecule has 0 heterocycles. The van der Waals surface area contributed by atoms with Crippen molar-refractivity contribution in [2.45, 2.75) is 86.2 Å². The Kier molecular flexibility index (Phi) is 10.5. The van der Waals surface area contributed by atoms with Gasteiger partial charge in [0, 0.05) is 24.2 Å². The van der Waals surface area contributed by atoms with E-state index in [1.54, 1.807) is 24.3 Å². The number of phenols is 1. The maximum atomic E-state index is 13.0. The van der Waals surface area contributed by atoms with Gasteiger partial charge in [-0.1, -0.05) is 79.0 Å². The summed E-state index contributed by atoms with van der Waals surface area (Å²) in [6.45, 7) is 13.8. The summed E-state index contributed by atoms with van der Waals surface area (Å²) in [5.74, 6) is 1.68. The quantitative estimate of drug-likeness (QED) is 0.281. The van der Waals surface area contributed by atoms with E-state index in [4.69, 9.17) is 4.74 Å². The molecule has 1 aliphatic carbocycles. The number of benzene rings is 1. The van der Waals surface area contributed by atoms with Gasteiger partial charge in [0.2, 0.25) is 0 Å². The number of phenolic OH excluding ortho intramolecular Hbond substituents is 1. The van der Waals surface area contributed by atoms with E-state index < -0.39 is 0 Å². The number of ether oxygens (including phenoxy) is 1. The highest BCUT2D eigenvalue weighted by Crippen LogP contribution is 2.52. The number of hydrogen-bond acceptors (Lipinski definition) is 4. The van der Waals surface area contributed by atoms with Crippen molar-refractivity contribution in [2.24, 2.45) is 35.0 Å². The van der Waals surface area contributed by atoms with Crippen molar-refractivity contribution >= 4 is 12.0 Å². The first-order valence-corrected chi connectivity index (χ1v) is 12.9. The molecule has 4 nitrogen and oxygen atoms in total. The first kappa shape index (κ1) is 27.4. The largest absolute Gasteiger partial charge is 0.507 e. The van der Waals surface area contributed by atoms with E-state index in [0.29, 0.717) is 35.2 Å². The summed E-state index contributed by atoms with van der Waals surface area (Å²) in [6, 6.07) is 6.99. The summed E-state index contributed by atoms with van der Waals surface area (Å²) in [5, 5.41) is 19.3. The van der Waals surface area contributed by atoms with E-state index in [1.165, 1.54) is 6.08 Å². The van der Waals surface area contributed by atoms with Crippen LogP contribution in [-0.2, 0) is 9.53 Å². The summed E-state index contributed by atoms with van der Waals surface area (Å²) in [5.41, 5.74) is 0.766. The number of esters is 1. The van der Waals surface area contributed by atoms with Gasteiger partial charge in [0.25, 0.3) is 0 Å². The lowest BCUT2D eigenvalue weighted by Gasteiger charge is -2.52. The van der Waals surface area contributed by atoms with Crippen LogP contribution < -0.4 is 0 Å². The number of aliphatic hydroxyl groups excluding tert-OH is 1. The summed E-state index contributed by atoms with van der Waals surface area (Å²) in [7, 11) is 0. The number of aliphatic hydroxyl groups is 1. The Morgan fingerprint density at radius 3 is 2.52 bits per heavy atom. The number of para-hydroxylation sites is 1. The van der Waals surface area contributed by atoms with Gasteiger partial charge in [-0.2, -0.15) is 0 Å². The van der Waals surface area contributed by atoms with Gasteiger partial charge in [0.1, 0.15) is 11.9 Å². The van der Waals surface area contributed by atoms with Gasteiger partial charge in [-0.25, -0.2) is 4.79 Å². The van der Waals surface area contributed by atoms with E-state index in [2.05, 4.69) is 41.5 Å². The predicted octanol–water partition coefficient (Wildman–Crippen LogP) is 6.85. The summed E-state index contributed by atoms with van der Waals surface area (Å²) in [4.78, 5) is 13.0. The SMILES string of the molecule is CCC1(C)CCC(C(C)CCCC(C)CO)C(OC(=O)C=Cc2ccccc2O)C1C(C)C. The minimum atomic E-state index is -0.333. The molecular formula is C29H46O4. The molecule has 2 rings (SSSR count). The van der Waals surface area contributed by atoms with Crippen LogP contribution in [0.15, 0.2) is 30.3 Å². The lowest BCUT2D eigenvalue weighted by atomic mass is 9.56. The Hall–Kier alpha value is -1.81. The van der Waals surface area contributed by atoms with Crippen LogP contribution in [0.1, 0.15) is 85.6 Å². The number of rotatable bonds is 11. The predicted molar refractivity (Wildman–Crippen MR) is 136 cm³/mol. The molecule has 1 aliphatic rings. The van der Waals surface area contributed by atoms with Gasteiger partial charge < -0.3 is 14.9 Å². The van der Waals surface area contributed by atoms with Crippen LogP contribution >= 0.6 is 0 Å². The Balaban J connectivity index is 2.22. The van der Waals surface area contributed by atoms with Crippen molar-refractivity contribution in [3.63, 3.8) is 0 Å². The first-order valence-electron chi connectivity index (χ1n) is 12.9. The zero-order chi connectivity index (χ0) is 24.6. The second-order valence-electron chi connectivity index (χ2n) is 11.0. The molecule has 4 heteroatoms. The molecule has 1 fully saturated rings. The smallest absolute Gasteiger partial charge is 0.331 e. The van der Waals surface area contributed by atoms with Crippen LogP contribution in [-0.4, -0.2) is 28.9 Å². The number of carbonyl (C=O) groups is 1. The number of hydrogen-bond donors (Lipinski definition) is 2. The zero-order valence-corrected chi connectivity index (χ0v) is 21.6. The van der Waals surface area contributed by atoms with Crippen LogP contribution in [0.3, 0.4) is 0 Å². The average Bonchev–Trinajstić information content (AvgIpc) is 2.78. The topological polar surface area (TPSA) is 66.8 Å². The summed E-state index contributed by atoms with van der Waals surface area (Å²) < 4.78 is 6.26. The second kappa shape index (κ2) is 12.6. The minimum Gasteiger partial charge on any atom is -0.507 e. The maximum absolute atomic E-state index is 13.0. The molecule has 2 N–H and O–H groups in total. The van der Waals surface area contributed by atoms with E-state index in [9.17, 15) is 15.0 Å². The van der Waals surface area contributed by atoms with Gasteiger partial charge in [-0.05, 0) is 60.5 Å². The Morgan fingerprint density at radius 2 is 1.91 bits per heavy atom. The molecule has 1 saturated carbocycles. The van der Waals surface area contributed by atoms with Crippen LogP contribution in [0.2, 0.25) is 0 Å². The molecular weight excluding hydrogens is 412 g/mol. The molecule has 1 aromatic rings. The lowest BCUT2D eigenvalue weighted by Crippen LogP contribution is -2.51. The number of carbonyl (C=O) groups excluding carboxylic acids is 1. The van der Waals surface area contributed by atoms with Crippen molar-refractivity contribution in [3.8, 4) is 5.75 Å². The third kappa shape index (κ3) is 7.34. The highest BCUT2D eigenvalue weighted by Gasteiger charge is 2.49. The Labute approximate surface area is 201 Å². The molecule has 0 radical (unpaired) electrons. The van der Waals surface area contributed by atoms with E-state index in [-0.39, 0.29) is 29.8 Å². The second-order valence-corrected chi connectivity index (χ2v) is 11.0. The van der Waals surface area contributed by atoms with Crippen molar-refractivity contribution < 1.29 is 19.7 Å². The first-order chi connectivity index (χ1) is 15.6. The molecule has 0 aromatic heterocycles. The van der Waals surface area contributed by atoms with E-state index in [0.717, 1.165) is 38.5 Å². The van der Waals surface area contributed by atoms with Crippen molar-refractivity contribution in [1.82, 2.24) is 0 Å². The third-order valence-corrected chi connectivity index (χ3v) is 8.14. The maximum Gasteiger partial charge on any atom is 0.331 e. The van der Waals surface area contributed by atoms with Gasteiger partial charge in [0.05, 0.1) is 0 Å². The summed E-state index contributed by atoms with van der Waals surface area (Å²) in [6.07, 6.45) is 9.49. The molecule has 1 aromatic carbocycles. The van der Waals surface area contributed by atoms with E-state index >= 15 is 0 Å². The summed E-state index contributed by atoms with van der Waals surface area (Å²) >= 11 is 0. The number of aromatic hydroxyl groups is 1. The lowest BCUT2D eigenvalue weighted by molar-refractivity contribution is -0.166. The molecule has 0 amide bonds. The van der Waals surface area contributed by atoms with Crippen LogP contribution in [0, 0.1) is 35.0 Å². The molecule has 0 bridgehead atoms. The van der Waals surface area contributed by atoms with E-state index in [1.807, 2.05) is 6.07 Å². The molecule has 0 saturated heterocycles.